The lowest BCUT2D eigenvalue weighted by atomic mass is 10.1. The molecule has 1 saturated heterocycles. The van der Waals surface area contributed by atoms with Gasteiger partial charge >= 0.3 is 6.03 Å². The highest BCUT2D eigenvalue weighted by molar-refractivity contribution is 6.09. The molecule has 100 valence electrons. The standard InChI is InChI=1S/C14H9FN2O3/c1-2-8-5-9(15)13-10(7-20-11(13)6-8)17-4-3-12(18)16-14(17)19/h1,5-7H,3-4H2,(H,16,18,19). The number of nitrogens with one attached hydrogen (secondary N) is 1. The van der Waals surface area contributed by atoms with E-state index >= 15 is 0 Å². The first kappa shape index (κ1) is 12.2. The van der Waals surface area contributed by atoms with Gasteiger partial charge in [-0.2, -0.15) is 0 Å². The molecule has 0 atom stereocenters. The Morgan fingerprint density at radius 3 is 2.90 bits per heavy atom. The highest BCUT2D eigenvalue weighted by Crippen LogP contribution is 2.33. The average Bonchev–Trinajstić information content (AvgIpc) is 2.83. The Balaban J connectivity index is 2.11. The van der Waals surface area contributed by atoms with Gasteiger partial charge in [-0.25, -0.2) is 9.18 Å². The molecule has 1 aliphatic heterocycles. The van der Waals surface area contributed by atoms with Crippen molar-refractivity contribution in [1.29, 1.82) is 0 Å². The van der Waals surface area contributed by atoms with Gasteiger partial charge in [-0.15, -0.1) is 6.42 Å². The molecule has 0 spiro atoms. The van der Waals surface area contributed by atoms with Crippen LogP contribution in [0.1, 0.15) is 12.0 Å². The fourth-order valence-electron chi connectivity index (χ4n) is 2.18. The van der Waals surface area contributed by atoms with Crippen molar-refractivity contribution in [2.24, 2.45) is 0 Å². The fraction of sp³-hybridized carbons (Fsp3) is 0.143. The van der Waals surface area contributed by atoms with Crippen molar-refractivity contribution in [2.75, 3.05) is 11.4 Å². The summed E-state index contributed by atoms with van der Waals surface area (Å²) in [6, 6.07) is 2.13. The first-order valence-electron chi connectivity index (χ1n) is 5.89. The number of benzene rings is 1. The van der Waals surface area contributed by atoms with Crippen LogP contribution in [0.3, 0.4) is 0 Å². The Hall–Kier alpha value is -2.81. The minimum atomic E-state index is -0.593. The number of carbonyl (C=O) groups excluding carboxylic acids is 2. The quantitative estimate of drug-likeness (QED) is 0.808. The summed E-state index contributed by atoms with van der Waals surface area (Å²) in [7, 11) is 0. The number of urea groups is 1. The van der Waals surface area contributed by atoms with Crippen molar-refractivity contribution >= 4 is 28.6 Å². The van der Waals surface area contributed by atoms with E-state index in [-0.39, 0.29) is 35.5 Å². The van der Waals surface area contributed by atoms with Crippen LogP contribution >= 0.6 is 0 Å². The van der Waals surface area contributed by atoms with Crippen molar-refractivity contribution in [1.82, 2.24) is 5.32 Å². The normalized spacial score (nSPS) is 15.3. The van der Waals surface area contributed by atoms with E-state index in [1.54, 1.807) is 0 Å². The summed E-state index contributed by atoms with van der Waals surface area (Å²) in [4.78, 5) is 24.2. The highest BCUT2D eigenvalue weighted by atomic mass is 19.1. The van der Waals surface area contributed by atoms with Gasteiger partial charge in [0.1, 0.15) is 17.7 Å². The summed E-state index contributed by atoms with van der Waals surface area (Å²) < 4.78 is 19.4. The first-order valence-corrected chi connectivity index (χ1v) is 5.89. The van der Waals surface area contributed by atoms with E-state index in [0.29, 0.717) is 5.56 Å². The lowest BCUT2D eigenvalue weighted by Gasteiger charge is -2.25. The molecule has 20 heavy (non-hydrogen) atoms. The number of carbonyl (C=O) groups is 2. The van der Waals surface area contributed by atoms with Gasteiger partial charge in [-0.3, -0.25) is 15.0 Å². The summed E-state index contributed by atoms with van der Waals surface area (Å²) in [6.07, 6.45) is 6.66. The Bertz CT molecular complexity index is 773. The number of rotatable bonds is 1. The van der Waals surface area contributed by atoms with E-state index in [9.17, 15) is 14.0 Å². The van der Waals surface area contributed by atoms with Gasteiger partial charge in [-0.05, 0) is 12.1 Å². The van der Waals surface area contributed by atoms with E-state index in [0.717, 1.165) is 0 Å². The number of nitrogens with zero attached hydrogens (tertiary/aromatic N) is 1. The second-order valence-electron chi connectivity index (χ2n) is 4.35. The number of imide groups is 1. The van der Waals surface area contributed by atoms with Gasteiger partial charge in [0.2, 0.25) is 5.91 Å². The smallest absolute Gasteiger partial charge is 0.328 e. The van der Waals surface area contributed by atoms with E-state index in [2.05, 4.69) is 11.2 Å². The molecule has 0 unspecified atom stereocenters. The van der Waals surface area contributed by atoms with Crippen molar-refractivity contribution in [3.05, 3.63) is 29.8 Å². The summed E-state index contributed by atoms with van der Waals surface area (Å²) in [5.74, 6) is 1.41. The molecule has 1 fully saturated rings. The number of hydrogen-bond donors (Lipinski definition) is 1. The Kier molecular flexibility index (Phi) is 2.68. The Morgan fingerprint density at radius 1 is 1.40 bits per heavy atom. The highest BCUT2D eigenvalue weighted by Gasteiger charge is 2.28. The molecule has 3 rings (SSSR count). The van der Waals surface area contributed by atoms with Crippen molar-refractivity contribution in [3.63, 3.8) is 0 Å². The molecule has 5 nitrogen and oxygen atoms in total. The van der Waals surface area contributed by atoms with Crippen LogP contribution in [0.25, 0.3) is 11.0 Å². The number of amides is 3. The average molecular weight is 272 g/mol. The van der Waals surface area contributed by atoms with Gasteiger partial charge < -0.3 is 4.42 Å². The molecule has 2 heterocycles. The molecule has 1 aromatic carbocycles. The van der Waals surface area contributed by atoms with Crippen molar-refractivity contribution in [3.8, 4) is 12.3 Å². The predicted molar refractivity (Wildman–Crippen MR) is 69.6 cm³/mol. The zero-order valence-electron chi connectivity index (χ0n) is 10.3. The monoisotopic (exact) mass is 272 g/mol. The molecule has 0 aliphatic carbocycles. The Labute approximate surface area is 113 Å². The number of terminal acetylenes is 1. The van der Waals surface area contributed by atoms with Crippen molar-refractivity contribution < 1.29 is 18.4 Å². The van der Waals surface area contributed by atoms with Gasteiger partial charge in [0.15, 0.2) is 0 Å². The van der Waals surface area contributed by atoms with E-state index in [1.807, 2.05) is 0 Å². The second-order valence-corrected chi connectivity index (χ2v) is 4.35. The topological polar surface area (TPSA) is 62.6 Å². The lowest BCUT2D eigenvalue weighted by Crippen LogP contribution is -2.49. The molecule has 0 bridgehead atoms. The zero-order valence-corrected chi connectivity index (χ0v) is 10.3. The number of hydrogen-bond acceptors (Lipinski definition) is 3. The van der Waals surface area contributed by atoms with Gasteiger partial charge in [0.25, 0.3) is 0 Å². The zero-order chi connectivity index (χ0) is 14.3. The number of furan rings is 1. The third kappa shape index (κ3) is 1.80. The van der Waals surface area contributed by atoms with Crippen LogP contribution < -0.4 is 10.2 Å². The van der Waals surface area contributed by atoms with Crippen LogP contribution in [0.5, 0.6) is 0 Å². The number of fused-ring (bicyclic) bond motifs is 1. The summed E-state index contributed by atoms with van der Waals surface area (Å²) in [5.41, 5.74) is 0.901. The summed E-state index contributed by atoms with van der Waals surface area (Å²) in [6.45, 7) is 0.176. The van der Waals surface area contributed by atoms with Crippen LogP contribution in [-0.4, -0.2) is 18.5 Å². The third-order valence-electron chi connectivity index (χ3n) is 3.12. The largest absolute Gasteiger partial charge is 0.462 e. The second kappa shape index (κ2) is 4.38. The van der Waals surface area contributed by atoms with Gasteiger partial charge in [0.05, 0.1) is 11.1 Å². The molecule has 3 amide bonds. The van der Waals surface area contributed by atoms with E-state index in [1.165, 1.54) is 23.3 Å². The first-order chi connectivity index (χ1) is 9.60. The molecule has 1 aliphatic rings. The summed E-state index contributed by atoms with van der Waals surface area (Å²) >= 11 is 0. The molecular weight excluding hydrogens is 263 g/mol. The molecule has 0 radical (unpaired) electrons. The van der Waals surface area contributed by atoms with Gasteiger partial charge in [0, 0.05) is 18.5 Å². The third-order valence-corrected chi connectivity index (χ3v) is 3.12. The summed E-state index contributed by atoms with van der Waals surface area (Å²) in [5, 5.41) is 2.35. The molecule has 1 aromatic heterocycles. The van der Waals surface area contributed by atoms with Crippen molar-refractivity contribution in [2.45, 2.75) is 6.42 Å². The Morgan fingerprint density at radius 2 is 2.20 bits per heavy atom. The fourth-order valence-corrected chi connectivity index (χ4v) is 2.18. The molecule has 0 saturated carbocycles. The van der Waals surface area contributed by atoms with Gasteiger partial charge in [-0.1, -0.05) is 5.92 Å². The maximum atomic E-state index is 14.1. The SMILES string of the molecule is C#Cc1cc(F)c2c(N3CCC(=O)NC3=O)coc2c1. The maximum absolute atomic E-state index is 14.1. The molecule has 6 heteroatoms. The van der Waals surface area contributed by atoms with Crippen LogP contribution in [0.2, 0.25) is 0 Å². The van der Waals surface area contributed by atoms with E-state index < -0.39 is 11.8 Å². The lowest BCUT2D eigenvalue weighted by molar-refractivity contribution is -0.120. The minimum Gasteiger partial charge on any atom is -0.462 e. The molecule has 2 aromatic rings. The van der Waals surface area contributed by atoms with Crippen LogP contribution in [-0.2, 0) is 4.79 Å². The predicted octanol–water partition coefficient (Wildman–Crippen LogP) is 2.00. The van der Waals surface area contributed by atoms with Crippen LogP contribution in [0.4, 0.5) is 14.9 Å². The maximum Gasteiger partial charge on any atom is 0.328 e. The van der Waals surface area contributed by atoms with E-state index in [4.69, 9.17) is 10.8 Å². The minimum absolute atomic E-state index is 0.155. The van der Waals surface area contributed by atoms with Crippen LogP contribution in [0.15, 0.2) is 22.8 Å². The number of anilines is 1. The van der Waals surface area contributed by atoms with Crippen LogP contribution in [0, 0.1) is 18.2 Å². The molecular formula is C14H9FN2O3. The molecule has 1 N–H and O–H groups in total. The number of halogens is 1.